The van der Waals surface area contributed by atoms with Crippen LogP contribution in [0.1, 0.15) is 6.92 Å². The summed E-state index contributed by atoms with van der Waals surface area (Å²) in [5, 5.41) is 6.68. The third-order valence-electron chi connectivity index (χ3n) is 4.42. The van der Waals surface area contributed by atoms with Gasteiger partial charge in [-0.15, -0.1) is 34.4 Å². The highest BCUT2D eigenvalue weighted by Gasteiger charge is 2.18. The molecule has 0 spiro atoms. The lowest BCUT2D eigenvalue weighted by Crippen LogP contribution is -2.22. The first-order valence-electron chi connectivity index (χ1n) is 9.65. The summed E-state index contributed by atoms with van der Waals surface area (Å²) in [7, 11) is -3.58. The second-order valence-corrected chi connectivity index (χ2v) is 12.9. The summed E-state index contributed by atoms with van der Waals surface area (Å²) in [6, 6.07) is 18.0. The predicted octanol–water partition coefficient (Wildman–Crippen LogP) is 6.55. The summed E-state index contributed by atoms with van der Waals surface area (Å²) >= 11 is 7.34. The molecular weight excluding hydrogens is 562 g/mol. The first-order chi connectivity index (χ1) is 15.8. The summed E-state index contributed by atoms with van der Waals surface area (Å²) in [5.74, 6) is -0.154. The Hall–Kier alpha value is -2.18. The number of sulfonamides is 1. The van der Waals surface area contributed by atoms with Crippen LogP contribution in [0.2, 0.25) is 0 Å². The molecule has 1 amide bonds. The summed E-state index contributed by atoms with van der Waals surface area (Å²) in [5.41, 5.74) is 2.25. The van der Waals surface area contributed by atoms with Crippen LogP contribution < -0.4 is 10.0 Å². The molecule has 1 atom stereocenters. The summed E-state index contributed by atoms with van der Waals surface area (Å²) in [6.45, 7) is 1.82. The number of halogens is 1. The fourth-order valence-corrected chi connectivity index (χ4v) is 6.68. The van der Waals surface area contributed by atoms with E-state index in [0.29, 0.717) is 10.8 Å². The van der Waals surface area contributed by atoms with Crippen molar-refractivity contribution in [2.75, 3.05) is 10.0 Å². The number of aromatic nitrogens is 1. The van der Waals surface area contributed by atoms with Crippen molar-refractivity contribution < 1.29 is 13.2 Å². The van der Waals surface area contributed by atoms with Crippen molar-refractivity contribution in [2.45, 2.75) is 21.3 Å². The van der Waals surface area contributed by atoms with Gasteiger partial charge >= 0.3 is 0 Å². The zero-order valence-corrected chi connectivity index (χ0v) is 22.0. The highest BCUT2D eigenvalue weighted by Crippen LogP contribution is 2.29. The zero-order valence-electron chi connectivity index (χ0n) is 17.2. The fourth-order valence-electron chi connectivity index (χ4n) is 2.77. The van der Waals surface area contributed by atoms with Crippen molar-refractivity contribution in [3.8, 4) is 11.3 Å². The van der Waals surface area contributed by atoms with Gasteiger partial charge in [-0.05, 0) is 54.8 Å². The van der Waals surface area contributed by atoms with Crippen molar-refractivity contribution in [1.29, 1.82) is 0 Å². The van der Waals surface area contributed by atoms with E-state index in [4.69, 9.17) is 0 Å². The molecule has 4 rings (SSSR count). The second kappa shape index (κ2) is 10.4. The van der Waals surface area contributed by atoms with Crippen molar-refractivity contribution in [1.82, 2.24) is 4.98 Å². The number of carbonyl (C=O) groups excluding carboxylic acids is 1. The molecule has 0 saturated carbocycles. The van der Waals surface area contributed by atoms with Gasteiger partial charge in [0.15, 0.2) is 5.13 Å². The van der Waals surface area contributed by atoms with E-state index in [1.165, 1.54) is 23.1 Å². The Bertz CT molecular complexity index is 1340. The zero-order chi connectivity index (χ0) is 23.4. The van der Waals surface area contributed by atoms with E-state index in [1.54, 1.807) is 41.8 Å². The predicted molar refractivity (Wildman–Crippen MR) is 141 cm³/mol. The van der Waals surface area contributed by atoms with E-state index >= 15 is 0 Å². The van der Waals surface area contributed by atoms with Crippen LogP contribution in [0.25, 0.3) is 11.3 Å². The van der Waals surface area contributed by atoms with Gasteiger partial charge in [-0.25, -0.2) is 13.4 Å². The monoisotopic (exact) mass is 579 g/mol. The molecule has 0 bridgehead atoms. The molecule has 33 heavy (non-hydrogen) atoms. The van der Waals surface area contributed by atoms with Crippen molar-refractivity contribution in [3.05, 3.63) is 75.9 Å². The largest absolute Gasteiger partial charge is 0.301 e. The number of hydrogen-bond donors (Lipinski definition) is 2. The third kappa shape index (κ3) is 6.24. The molecule has 2 N–H and O–H groups in total. The minimum atomic E-state index is -3.58. The Morgan fingerprint density at radius 2 is 1.79 bits per heavy atom. The van der Waals surface area contributed by atoms with Gasteiger partial charge in [0.2, 0.25) is 5.91 Å². The minimum Gasteiger partial charge on any atom is -0.301 e. The van der Waals surface area contributed by atoms with Gasteiger partial charge in [0.05, 0.1) is 10.9 Å². The van der Waals surface area contributed by atoms with Crippen LogP contribution in [0.4, 0.5) is 10.8 Å². The van der Waals surface area contributed by atoms with Crippen LogP contribution in [-0.2, 0) is 14.8 Å². The van der Waals surface area contributed by atoms with E-state index in [-0.39, 0.29) is 15.4 Å². The molecule has 0 aliphatic heterocycles. The van der Waals surface area contributed by atoms with Gasteiger partial charge < -0.3 is 5.32 Å². The number of benzene rings is 2. The first-order valence-corrected chi connectivity index (χ1v) is 14.6. The van der Waals surface area contributed by atoms with Crippen LogP contribution in [-0.4, -0.2) is 24.6 Å². The number of nitrogens with zero attached hydrogens (tertiary/aromatic N) is 1. The van der Waals surface area contributed by atoms with Gasteiger partial charge in [0, 0.05) is 26.0 Å². The Balaban J connectivity index is 1.34. The molecule has 0 fully saturated rings. The molecule has 0 radical (unpaired) electrons. The lowest BCUT2D eigenvalue weighted by molar-refractivity contribution is -0.115. The number of thiazole rings is 1. The minimum absolute atomic E-state index is 0.154. The number of amides is 1. The Morgan fingerprint density at radius 3 is 2.45 bits per heavy atom. The quantitative estimate of drug-likeness (QED) is 0.231. The molecular formula is C22H18BrN3O3S4. The molecule has 2 aromatic heterocycles. The average Bonchev–Trinajstić information content (AvgIpc) is 3.48. The SMILES string of the molecule is CC(Sc1ccc(NS(=O)(=O)c2cccs2)cc1)C(=O)Nc1nc(-c2ccc(Br)cc2)cs1. The molecule has 0 saturated heterocycles. The number of anilines is 2. The molecule has 0 aliphatic carbocycles. The second-order valence-electron chi connectivity index (χ2n) is 6.86. The van der Waals surface area contributed by atoms with Gasteiger partial charge in [0.1, 0.15) is 4.21 Å². The first kappa shape index (κ1) is 24.0. The van der Waals surface area contributed by atoms with E-state index in [2.05, 4.69) is 31.0 Å². The van der Waals surface area contributed by atoms with Crippen LogP contribution in [0.5, 0.6) is 0 Å². The van der Waals surface area contributed by atoms with Crippen LogP contribution in [0.3, 0.4) is 0 Å². The third-order valence-corrected chi connectivity index (χ3v) is 9.60. The smallest absolute Gasteiger partial charge is 0.271 e. The molecule has 2 aromatic carbocycles. The van der Waals surface area contributed by atoms with E-state index in [0.717, 1.165) is 32.0 Å². The molecule has 11 heteroatoms. The molecule has 6 nitrogen and oxygen atoms in total. The standard InChI is InChI=1S/C22H18BrN3O3S4/c1-14(21(27)25-22-24-19(13-31-22)15-4-6-16(23)7-5-15)32-18-10-8-17(9-11-18)26-33(28,29)20-3-2-12-30-20/h2-14,26H,1H3,(H,24,25,27). The van der Waals surface area contributed by atoms with Crippen molar-refractivity contribution in [3.63, 3.8) is 0 Å². The van der Waals surface area contributed by atoms with Gasteiger partial charge in [-0.1, -0.05) is 34.1 Å². The molecule has 2 heterocycles. The Labute approximate surface area is 212 Å². The highest BCUT2D eigenvalue weighted by atomic mass is 79.9. The normalized spacial score (nSPS) is 12.3. The maximum Gasteiger partial charge on any atom is 0.271 e. The number of rotatable bonds is 8. The van der Waals surface area contributed by atoms with Crippen molar-refractivity contribution in [2.24, 2.45) is 0 Å². The van der Waals surface area contributed by atoms with Gasteiger partial charge in [0.25, 0.3) is 10.0 Å². The van der Waals surface area contributed by atoms with Crippen molar-refractivity contribution >= 4 is 77.1 Å². The average molecular weight is 581 g/mol. The lowest BCUT2D eigenvalue weighted by Gasteiger charge is -2.11. The van der Waals surface area contributed by atoms with Crippen LogP contribution in [0.15, 0.2) is 85.0 Å². The van der Waals surface area contributed by atoms with E-state index in [9.17, 15) is 13.2 Å². The summed E-state index contributed by atoms with van der Waals surface area (Å²) < 4.78 is 28.5. The molecule has 170 valence electrons. The molecule has 0 aliphatic rings. The Morgan fingerprint density at radius 1 is 1.06 bits per heavy atom. The topological polar surface area (TPSA) is 88.2 Å². The number of thiophene rings is 1. The number of hydrogen-bond acceptors (Lipinski definition) is 7. The van der Waals surface area contributed by atoms with E-state index in [1.807, 2.05) is 36.6 Å². The summed E-state index contributed by atoms with van der Waals surface area (Å²) in [4.78, 5) is 18.0. The highest BCUT2D eigenvalue weighted by molar-refractivity contribution is 9.10. The Kier molecular flexibility index (Phi) is 7.55. The van der Waals surface area contributed by atoms with Crippen LogP contribution >= 0.6 is 50.4 Å². The molecule has 1 unspecified atom stereocenters. The number of nitrogens with one attached hydrogen (secondary N) is 2. The van der Waals surface area contributed by atoms with Gasteiger partial charge in [-0.2, -0.15) is 0 Å². The van der Waals surface area contributed by atoms with E-state index < -0.39 is 10.0 Å². The molecule has 4 aromatic rings. The number of carbonyl (C=O) groups is 1. The van der Waals surface area contributed by atoms with Gasteiger partial charge in [-0.3, -0.25) is 9.52 Å². The maximum atomic E-state index is 12.6. The number of thioether (sulfide) groups is 1. The summed E-state index contributed by atoms with van der Waals surface area (Å²) in [6.07, 6.45) is 0. The van der Waals surface area contributed by atoms with Crippen LogP contribution in [0, 0.1) is 0 Å². The lowest BCUT2D eigenvalue weighted by atomic mass is 10.2. The fraction of sp³-hybridized carbons (Fsp3) is 0.0909. The maximum absolute atomic E-state index is 12.6.